The molecule has 0 spiro atoms. The Hall–Kier alpha value is -2.72. The number of alkyl carbamates (subject to hydrolysis) is 1. The molecule has 0 aromatic carbocycles. The summed E-state index contributed by atoms with van der Waals surface area (Å²) in [5, 5.41) is 18.2. The number of pyridine rings is 1. The lowest BCUT2D eigenvalue weighted by atomic mass is 9.79. The van der Waals surface area contributed by atoms with Crippen LogP contribution >= 0.6 is 0 Å². The number of hydrogen-bond acceptors (Lipinski definition) is 8. The molecule has 0 saturated carbocycles. The third-order valence-electron chi connectivity index (χ3n) is 6.12. The Bertz CT molecular complexity index is 791. The molecule has 0 bridgehead atoms. The summed E-state index contributed by atoms with van der Waals surface area (Å²) in [7, 11) is 0. The van der Waals surface area contributed by atoms with Crippen molar-refractivity contribution >= 4 is 18.0 Å². The number of ether oxygens (including phenoxy) is 2. The van der Waals surface area contributed by atoms with Gasteiger partial charge in [-0.05, 0) is 56.8 Å². The predicted molar refractivity (Wildman–Crippen MR) is 104 cm³/mol. The number of carbonyl (C=O) groups excluding carboxylic acids is 2. The summed E-state index contributed by atoms with van der Waals surface area (Å²) in [5.41, 5.74) is 0.918. The minimum atomic E-state index is -1.44. The van der Waals surface area contributed by atoms with E-state index in [0.717, 1.165) is 18.7 Å². The van der Waals surface area contributed by atoms with Gasteiger partial charge in [0.25, 0.3) is 0 Å². The largest absolute Gasteiger partial charge is 0.507 e. The number of carboxylic acid groups (broad SMARTS) is 1. The van der Waals surface area contributed by atoms with Crippen molar-refractivity contribution in [2.24, 2.45) is 11.8 Å². The van der Waals surface area contributed by atoms with E-state index in [-0.39, 0.29) is 17.7 Å². The Morgan fingerprint density at radius 3 is 2.83 bits per heavy atom. The average Bonchev–Trinajstić information content (AvgIpc) is 3.16. The Labute approximate surface area is 173 Å². The van der Waals surface area contributed by atoms with Gasteiger partial charge in [0.1, 0.15) is 0 Å². The van der Waals surface area contributed by atoms with Crippen LogP contribution in [-0.4, -0.2) is 59.6 Å². The number of amides is 1. The summed E-state index contributed by atoms with van der Waals surface area (Å²) in [6.07, 6.45) is 0.454. The molecule has 0 radical (unpaired) electrons. The van der Waals surface area contributed by atoms with E-state index < -0.39 is 36.5 Å². The highest BCUT2D eigenvalue weighted by atomic mass is 16.7. The van der Waals surface area contributed by atoms with Gasteiger partial charge in [-0.3, -0.25) is 15.1 Å². The van der Waals surface area contributed by atoms with Crippen molar-refractivity contribution < 1.29 is 29.0 Å². The first-order chi connectivity index (χ1) is 14.5. The van der Waals surface area contributed by atoms with Crippen LogP contribution in [0.4, 0.5) is 9.59 Å². The molecular formula is C20H26N4O6. The minimum Gasteiger partial charge on any atom is -0.450 e. The molecule has 3 aliphatic heterocycles. The van der Waals surface area contributed by atoms with E-state index in [1.807, 2.05) is 18.2 Å². The Morgan fingerprint density at radius 2 is 2.07 bits per heavy atom. The van der Waals surface area contributed by atoms with Gasteiger partial charge in [0, 0.05) is 12.2 Å². The van der Waals surface area contributed by atoms with Gasteiger partial charge in [0.2, 0.25) is 0 Å². The fourth-order valence-electron chi connectivity index (χ4n) is 4.71. The topological polar surface area (TPSA) is 139 Å². The van der Waals surface area contributed by atoms with Crippen molar-refractivity contribution in [1.29, 1.82) is 0 Å². The first-order valence-corrected chi connectivity index (χ1v) is 10.3. The molecular weight excluding hydrogens is 392 g/mol. The average molecular weight is 418 g/mol. The molecule has 3 saturated heterocycles. The Morgan fingerprint density at radius 1 is 1.20 bits per heavy atom. The summed E-state index contributed by atoms with van der Waals surface area (Å²) in [4.78, 5) is 40.8. The summed E-state index contributed by atoms with van der Waals surface area (Å²) in [6, 6.07) is 5.30. The van der Waals surface area contributed by atoms with Crippen LogP contribution in [-0.2, 0) is 14.3 Å². The van der Waals surface area contributed by atoms with Gasteiger partial charge in [-0.1, -0.05) is 6.07 Å². The van der Waals surface area contributed by atoms with Crippen molar-refractivity contribution in [3.8, 4) is 0 Å². The van der Waals surface area contributed by atoms with Crippen LogP contribution in [0.3, 0.4) is 0 Å². The second-order valence-electron chi connectivity index (χ2n) is 7.95. The zero-order valence-electron chi connectivity index (χ0n) is 16.5. The zero-order valence-corrected chi connectivity index (χ0v) is 16.5. The standard InChI is InChI=1S/C20H26N4O6/c25-16(12-4-3-8-23-18(12)30-20(27)28)17-15(24-19(26)29-17)11-6-9-22-14(10-11)13-5-1-2-7-21-13/h1-2,5,7,11-12,14-15,17-18,22-23H,3-4,6,8-10H2,(H,24,26)(H,27,28). The normalized spacial score (nSPS) is 33.9. The monoisotopic (exact) mass is 418 g/mol. The van der Waals surface area contributed by atoms with Crippen LogP contribution in [0.15, 0.2) is 24.4 Å². The highest BCUT2D eigenvalue weighted by Gasteiger charge is 2.49. The quantitative estimate of drug-likeness (QED) is 0.519. The van der Waals surface area contributed by atoms with Crippen LogP contribution in [0, 0.1) is 11.8 Å². The molecule has 6 unspecified atom stereocenters. The smallest absolute Gasteiger partial charge is 0.450 e. The van der Waals surface area contributed by atoms with Gasteiger partial charge >= 0.3 is 12.2 Å². The maximum absolute atomic E-state index is 13.3. The number of nitrogens with one attached hydrogen (secondary N) is 3. The van der Waals surface area contributed by atoms with E-state index in [2.05, 4.69) is 20.9 Å². The summed E-state index contributed by atoms with van der Waals surface area (Å²) in [6.45, 7) is 1.29. The van der Waals surface area contributed by atoms with Gasteiger partial charge in [-0.2, -0.15) is 0 Å². The highest BCUT2D eigenvalue weighted by Crippen LogP contribution is 2.34. The maximum Gasteiger partial charge on any atom is 0.507 e. The first kappa shape index (κ1) is 20.5. The number of nitrogens with zero attached hydrogens (tertiary/aromatic N) is 1. The van der Waals surface area contributed by atoms with Gasteiger partial charge in [0.05, 0.1) is 17.7 Å². The highest BCUT2D eigenvalue weighted by molar-refractivity contribution is 5.91. The number of carbonyl (C=O) groups is 3. The molecule has 10 heteroatoms. The third-order valence-corrected chi connectivity index (χ3v) is 6.12. The fraction of sp³-hybridized carbons (Fsp3) is 0.600. The summed E-state index contributed by atoms with van der Waals surface area (Å²) < 4.78 is 10.2. The van der Waals surface area contributed by atoms with E-state index >= 15 is 0 Å². The van der Waals surface area contributed by atoms with E-state index in [9.17, 15) is 14.4 Å². The van der Waals surface area contributed by atoms with Crippen LogP contribution in [0.1, 0.15) is 37.4 Å². The van der Waals surface area contributed by atoms with Crippen molar-refractivity contribution in [2.45, 2.75) is 50.1 Å². The summed E-state index contributed by atoms with van der Waals surface area (Å²) >= 11 is 0. The molecule has 1 amide bonds. The number of rotatable bonds is 5. The third kappa shape index (κ3) is 4.39. The minimum absolute atomic E-state index is 0.0223. The van der Waals surface area contributed by atoms with Crippen LogP contribution < -0.4 is 16.0 Å². The maximum atomic E-state index is 13.3. The lowest BCUT2D eigenvalue weighted by Gasteiger charge is -2.36. The van der Waals surface area contributed by atoms with Crippen LogP contribution in [0.5, 0.6) is 0 Å². The lowest BCUT2D eigenvalue weighted by Crippen LogP contribution is -2.53. The SMILES string of the molecule is O=C(O)OC1NCCCC1C(=O)C1OC(=O)NC1C1CCNC(c2ccccn2)C1. The predicted octanol–water partition coefficient (Wildman–Crippen LogP) is 1.19. The summed E-state index contributed by atoms with van der Waals surface area (Å²) in [5.74, 6) is -0.970. The van der Waals surface area contributed by atoms with E-state index in [0.29, 0.717) is 25.8 Å². The van der Waals surface area contributed by atoms with E-state index in [1.165, 1.54) is 0 Å². The van der Waals surface area contributed by atoms with Gasteiger partial charge in [0.15, 0.2) is 18.1 Å². The number of hydrogen-bond donors (Lipinski definition) is 4. The number of cyclic esters (lactones) is 1. The fourth-order valence-corrected chi connectivity index (χ4v) is 4.71. The van der Waals surface area contributed by atoms with E-state index in [1.54, 1.807) is 6.20 Å². The van der Waals surface area contributed by atoms with Crippen molar-refractivity contribution in [3.05, 3.63) is 30.1 Å². The van der Waals surface area contributed by atoms with Crippen LogP contribution in [0.25, 0.3) is 0 Å². The number of Topliss-reactive ketones (excluding diaryl/α,β-unsaturated/α-hetero) is 1. The van der Waals surface area contributed by atoms with Crippen molar-refractivity contribution in [2.75, 3.05) is 13.1 Å². The second kappa shape index (κ2) is 8.97. The lowest BCUT2D eigenvalue weighted by molar-refractivity contribution is -0.138. The molecule has 6 atom stereocenters. The number of aromatic nitrogens is 1. The number of piperidine rings is 2. The molecule has 1 aromatic rings. The second-order valence-corrected chi connectivity index (χ2v) is 7.95. The molecule has 4 rings (SSSR count). The molecule has 10 nitrogen and oxygen atoms in total. The molecule has 4 heterocycles. The van der Waals surface area contributed by atoms with Crippen LogP contribution in [0.2, 0.25) is 0 Å². The van der Waals surface area contributed by atoms with Crippen molar-refractivity contribution in [3.63, 3.8) is 0 Å². The molecule has 4 N–H and O–H groups in total. The molecule has 162 valence electrons. The van der Waals surface area contributed by atoms with Gasteiger partial charge in [-0.15, -0.1) is 0 Å². The van der Waals surface area contributed by atoms with Crippen molar-refractivity contribution in [1.82, 2.24) is 20.9 Å². The first-order valence-electron chi connectivity index (χ1n) is 10.3. The molecule has 3 fully saturated rings. The Balaban J connectivity index is 1.49. The molecule has 0 aliphatic carbocycles. The zero-order chi connectivity index (χ0) is 21.1. The van der Waals surface area contributed by atoms with Gasteiger partial charge < -0.3 is 25.2 Å². The molecule has 1 aromatic heterocycles. The molecule has 3 aliphatic rings. The molecule has 30 heavy (non-hydrogen) atoms. The number of ketones is 1. The Kier molecular flexibility index (Phi) is 6.14. The van der Waals surface area contributed by atoms with E-state index in [4.69, 9.17) is 14.6 Å². The van der Waals surface area contributed by atoms with Gasteiger partial charge in [-0.25, -0.2) is 9.59 Å².